The van der Waals surface area contributed by atoms with Crippen molar-refractivity contribution in [1.82, 2.24) is 10.2 Å². The van der Waals surface area contributed by atoms with Crippen molar-refractivity contribution in [2.75, 3.05) is 26.2 Å². The van der Waals surface area contributed by atoms with Crippen LogP contribution in [-0.4, -0.2) is 49.3 Å². The number of hydrogen-bond donors (Lipinski definition) is 1. The first-order chi connectivity index (χ1) is 9.10. The Labute approximate surface area is 119 Å². The van der Waals surface area contributed by atoms with Gasteiger partial charge in [0.1, 0.15) is 0 Å². The Kier molecular flexibility index (Phi) is 5.67. The first-order valence-electron chi connectivity index (χ1n) is 8.19. The van der Waals surface area contributed by atoms with Crippen molar-refractivity contribution >= 4 is 0 Å². The summed E-state index contributed by atoms with van der Waals surface area (Å²) in [5.74, 6) is 1.71. The van der Waals surface area contributed by atoms with Crippen LogP contribution in [0.1, 0.15) is 47.0 Å². The quantitative estimate of drug-likeness (QED) is 0.848. The molecule has 1 aliphatic carbocycles. The minimum absolute atomic E-state index is 0.398. The molecule has 5 atom stereocenters. The van der Waals surface area contributed by atoms with Gasteiger partial charge in [-0.1, -0.05) is 13.8 Å². The highest BCUT2D eigenvalue weighted by molar-refractivity contribution is 4.87. The summed E-state index contributed by atoms with van der Waals surface area (Å²) in [6, 6.07) is 1.31. The zero-order valence-corrected chi connectivity index (χ0v) is 13.2. The van der Waals surface area contributed by atoms with E-state index in [-0.39, 0.29) is 0 Å². The van der Waals surface area contributed by atoms with Crippen molar-refractivity contribution < 1.29 is 4.74 Å². The van der Waals surface area contributed by atoms with Gasteiger partial charge in [-0.25, -0.2) is 0 Å². The van der Waals surface area contributed by atoms with Crippen LogP contribution in [-0.2, 0) is 4.74 Å². The average molecular weight is 268 g/mol. The van der Waals surface area contributed by atoms with Crippen molar-refractivity contribution in [3.63, 3.8) is 0 Å². The van der Waals surface area contributed by atoms with Gasteiger partial charge in [0.15, 0.2) is 0 Å². The first-order valence-corrected chi connectivity index (χ1v) is 8.19. The lowest BCUT2D eigenvalue weighted by Gasteiger charge is -2.43. The van der Waals surface area contributed by atoms with Crippen molar-refractivity contribution in [3.05, 3.63) is 0 Å². The SMILES string of the molecule is CCNC1CCC(C)CC1CN1CC(C)OCC1C. The standard InChI is InChI=1S/C16H32N2O/c1-5-17-16-7-6-12(2)8-15(16)10-18-9-14(4)19-11-13(18)3/h12-17H,5-11H2,1-4H3. The maximum atomic E-state index is 5.75. The predicted octanol–water partition coefficient (Wildman–Crippen LogP) is 2.51. The predicted molar refractivity (Wildman–Crippen MR) is 80.4 cm³/mol. The van der Waals surface area contributed by atoms with Crippen LogP contribution in [0.2, 0.25) is 0 Å². The van der Waals surface area contributed by atoms with Crippen LogP contribution in [0.15, 0.2) is 0 Å². The molecular weight excluding hydrogens is 236 g/mol. The number of morpholine rings is 1. The van der Waals surface area contributed by atoms with Gasteiger partial charge in [-0.15, -0.1) is 0 Å². The minimum Gasteiger partial charge on any atom is -0.376 e. The van der Waals surface area contributed by atoms with Crippen LogP contribution in [0.5, 0.6) is 0 Å². The molecule has 5 unspecified atom stereocenters. The topological polar surface area (TPSA) is 24.5 Å². The molecule has 2 rings (SSSR count). The van der Waals surface area contributed by atoms with E-state index in [1.165, 1.54) is 25.8 Å². The van der Waals surface area contributed by atoms with Gasteiger partial charge in [0.05, 0.1) is 12.7 Å². The van der Waals surface area contributed by atoms with E-state index in [9.17, 15) is 0 Å². The summed E-state index contributed by atoms with van der Waals surface area (Å²) in [6.07, 6.45) is 4.53. The third-order valence-corrected chi connectivity index (χ3v) is 4.92. The van der Waals surface area contributed by atoms with Gasteiger partial charge in [-0.3, -0.25) is 4.90 Å². The lowest BCUT2D eigenvalue weighted by Crippen LogP contribution is -2.52. The lowest BCUT2D eigenvalue weighted by atomic mass is 9.78. The Morgan fingerprint density at radius 1 is 1.21 bits per heavy atom. The fourth-order valence-electron chi connectivity index (χ4n) is 3.76. The largest absolute Gasteiger partial charge is 0.376 e. The maximum Gasteiger partial charge on any atom is 0.0674 e. The molecule has 0 spiro atoms. The first kappa shape index (κ1) is 15.3. The number of hydrogen-bond acceptors (Lipinski definition) is 3. The lowest BCUT2D eigenvalue weighted by molar-refractivity contribution is -0.0583. The molecule has 1 aliphatic heterocycles. The zero-order chi connectivity index (χ0) is 13.8. The van der Waals surface area contributed by atoms with Crippen molar-refractivity contribution in [2.45, 2.75) is 65.1 Å². The summed E-state index contributed by atoms with van der Waals surface area (Å²) >= 11 is 0. The molecule has 1 heterocycles. The van der Waals surface area contributed by atoms with E-state index in [0.29, 0.717) is 12.1 Å². The molecule has 0 radical (unpaired) electrons. The Bertz CT molecular complexity index is 271. The molecule has 0 bridgehead atoms. The number of ether oxygens (including phenoxy) is 1. The van der Waals surface area contributed by atoms with Gasteiger partial charge in [-0.05, 0) is 51.5 Å². The highest BCUT2D eigenvalue weighted by Gasteiger charge is 2.32. The molecule has 3 heteroatoms. The van der Waals surface area contributed by atoms with E-state index >= 15 is 0 Å². The molecular formula is C16H32N2O. The highest BCUT2D eigenvalue weighted by atomic mass is 16.5. The van der Waals surface area contributed by atoms with Crippen molar-refractivity contribution in [1.29, 1.82) is 0 Å². The van der Waals surface area contributed by atoms with Crippen LogP contribution in [0.4, 0.5) is 0 Å². The van der Waals surface area contributed by atoms with E-state index < -0.39 is 0 Å². The zero-order valence-electron chi connectivity index (χ0n) is 13.2. The second-order valence-corrected chi connectivity index (χ2v) is 6.79. The summed E-state index contributed by atoms with van der Waals surface area (Å²) in [4.78, 5) is 2.65. The molecule has 1 N–H and O–H groups in total. The number of rotatable bonds is 4. The van der Waals surface area contributed by atoms with Gasteiger partial charge in [0.25, 0.3) is 0 Å². The average Bonchev–Trinajstić information content (AvgIpc) is 2.37. The summed E-state index contributed by atoms with van der Waals surface area (Å²) in [5.41, 5.74) is 0. The molecule has 1 saturated carbocycles. The fraction of sp³-hybridized carbons (Fsp3) is 1.00. The maximum absolute atomic E-state index is 5.75. The minimum atomic E-state index is 0.398. The second-order valence-electron chi connectivity index (χ2n) is 6.79. The molecule has 0 aromatic carbocycles. The molecule has 0 aromatic heterocycles. The van der Waals surface area contributed by atoms with E-state index in [2.05, 4.69) is 37.9 Å². The molecule has 2 aliphatic rings. The van der Waals surface area contributed by atoms with Crippen LogP contribution in [0, 0.1) is 11.8 Å². The summed E-state index contributed by atoms with van der Waals surface area (Å²) in [5, 5.41) is 3.71. The number of nitrogens with one attached hydrogen (secondary N) is 1. The summed E-state index contributed by atoms with van der Waals surface area (Å²) in [6.45, 7) is 13.5. The van der Waals surface area contributed by atoms with Crippen LogP contribution in [0.3, 0.4) is 0 Å². The third-order valence-electron chi connectivity index (χ3n) is 4.92. The van der Waals surface area contributed by atoms with Gasteiger partial charge in [0, 0.05) is 25.2 Å². The Morgan fingerprint density at radius 3 is 2.74 bits per heavy atom. The molecule has 112 valence electrons. The van der Waals surface area contributed by atoms with Crippen molar-refractivity contribution in [3.8, 4) is 0 Å². The molecule has 2 fully saturated rings. The van der Waals surface area contributed by atoms with Crippen LogP contribution in [0.25, 0.3) is 0 Å². The Hall–Kier alpha value is -0.120. The van der Waals surface area contributed by atoms with E-state index in [1.807, 2.05) is 0 Å². The monoisotopic (exact) mass is 268 g/mol. The molecule has 0 amide bonds. The van der Waals surface area contributed by atoms with E-state index in [0.717, 1.165) is 37.6 Å². The van der Waals surface area contributed by atoms with Gasteiger partial charge in [-0.2, -0.15) is 0 Å². The molecule has 3 nitrogen and oxygen atoms in total. The highest BCUT2D eigenvalue weighted by Crippen LogP contribution is 2.30. The third kappa shape index (κ3) is 4.17. The Balaban J connectivity index is 1.93. The van der Waals surface area contributed by atoms with Gasteiger partial charge < -0.3 is 10.1 Å². The normalized spacial score (nSPS) is 41.4. The second kappa shape index (κ2) is 7.05. The van der Waals surface area contributed by atoms with Crippen LogP contribution < -0.4 is 5.32 Å². The molecule has 0 aromatic rings. The summed E-state index contributed by atoms with van der Waals surface area (Å²) in [7, 11) is 0. The van der Waals surface area contributed by atoms with Gasteiger partial charge in [0.2, 0.25) is 0 Å². The van der Waals surface area contributed by atoms with Crippen molar-refractivity contribution in [2.24, 2.45) is 11.8 Å². The van der Waals surface area contributed by atoms with Gasteiger partial charge >= 0.3 is 0 Å². The van der Waals surface area contributed by atoms with E-state index in [1.54, 1.807) is 0 Å². The summed E-state index contributed by atoms with van der Waals surface area (Å²) < 4.78 is 5.75. The smallest absolute Gasteiger partial charge is 0.0674 e. The Morgan fingerprint density at radius 2 is 2.00 bits per heavy atom. The van der Waals surface area contributed by atoms with E-state index in [4.69, 9.17) is 4.74 Å². The number of nitrogens with zero attached hydrogens (tertiary/aromatic N) is 1. The molecule has 19 heavy (non-hydrogen) atoms. The van der Waals surface area contributed by atoms with Crippen LogP contribution >= 0.6 is 0 Å². The molecule has 1 saturated heterocycles. The fourth-order valence-corrected chi connectivity index (χ4v) is 3.76.